The Morgan fingerprint density at radius 2 is 1.59 bits per heavy atom. The molecule has 116 valence electrons. The summed E-state index contributed by atoms with van der Waals surface area (Å²) in [6.07, 6.45) is 2.03. The molecular formula is C19H23NO2. The molecule has 0 aliphatic heterocycles. The van der Waals surface area contributed by atoms with Crippen molar-refractivity contribution >= 4 is 0 Å². The Hall–Kier alpha value is -2.00. The number of hydrogen-bond acceptors (Lipinski definition) is 3. The molecule has 2 atom stereocenters. The zero-order valence-electron chi connectivity index (χ0n) is 13.4. The third-order valence-electron chi connectivity index (χ3n) is 4.56. The summed E-state index contributed by atoms with van der Waals surface area (Å²) in [5, 5.41) is 0. The quantitative estimate of drug-likeness (QED) is 0.945. The van der Waals surface area contributed by atoms with Gasteiger partial charge in [-0.25, -0.2) is 0 Å². The maximum Gasteiger partial charge on any atom is 0.161 e. The van der Waals surface area contributed by atoms with Gasteiger partial charge in [-0.1, -0.05) is 24.3 Å². The van der Waals surface area contributed by atoms with Gasteiger partial charge >= 0.3 is 0 Å². The molecule has 22 heavy (non-hydrogen) atoms. The minimum absolute atomic E-state index is 0.0381. The number of rotatable bonds is 3. The van der Waals surface area contributed by atoms with Gasteiger partial charge in [-0.3, -0.25) is 0 Å². The van der Waals surface area contributed by atoms with Gasteiger partial charge in [-0.05, 0) is 54.2 Å². The van der Waals surface area contributed by atoms with Crippen LogP contribution in [0.1, 0.15) is 35.1 Å². The van der Waals surface area contributed by atoms with Crippen molar-refractivity contribution in [1.29, 1.82) is 0 Å². The zero-order chi connectivity index (χ0) is 15.7. The third kappa shape index (κ3) is 2.46. The van der Waals surface area contributed by atoms with E-state index in [0.717, 1.165) is 24.3 Å². The molecule has 0 radical (unpaired) electrons. The molecule has 2 aromatic rings. The maximum absolute atomic E-state index is 6.36. The molecule has 0 spiro atoms. The van der Waals surface area contributed by atoms with Crippen molar-refractivity contribution in [3.8, 4) is 11.5 Å². The van der Waals surface area contributed by atoms with Crippen LogP contribution in [0.3, 0.4) is 0 Å². The van der Waals surface area contributed by atoms with Crippen LogP contribution in [-0.2, 0) is 12.8 Å². The Morgan fingerprint density at radius 1 is 0.955 bits per heavy atom. The van der Waals surface area contributed by atoms with E-state index in [1.807, 2.05) is 0 Å². The summed E-state index contributed by atoms with van der Waals surface area (Å²) in [6.45, 7) is 2.08. The Bertz CT molecular complexity index is 679. The third-order valence-corrected chi connectivity index (χ3v) is 4.56. The Labute approximate surface area is 132 Å². The molecule has 1 aliphatic rings. The van der Waals surface area contributed by atoms with Crippen molar-refractivity contribution in [1.82, 2.24) is 0 Å². The Balaban J connectivity index is 2.21. The van der Waals surface area contributed by atoms with Crippen LogP contribution in [0.5, 0.6) is 11.5 Å². The summed E-state index contributed by atoms with van der Waals surface area (Å²) in [4.78, 5) is 0. The smallest absolute Gasteiger partial charge is 0.161 e. The van der Waals surface area contributed by atoms with Crippen molar-refractivity contribution in [3.63, 3.8) is 0 Å². The van der Waals surface area contributed by atoms with E-state index in [-0.39, 0.29) is 12.0 Å². The fourth-order valence-electron chi connectivity index (χ4n) is 3.51. The van der Waals surface area contributed by atoms with Crippen molar-refractivity contribution in [2.75, 3.05) is 14.2 Å². The second-order valence-corrected chi connectivity index (χ2v) is 5.94. The second-order valence-electron chi connectivity index (χ2n) is 5.94. The predicted molar refractivity (Wildman–Crippen MR) is 88.9 cm³/mol. The van der Waals surface area contributed by atoms with E-state index in [2.05, 4.69) is 43.3 Å². The van der Waals surface area contributed by atoms with Crippen molar-refractivity contribution in [2.45, 2.75) is 31.7 Å². The Morgan fingerprint density at radius 3 is 2.27 bits per heavy atom. The highest BCUT2D eigenvalue weighted by Crippen LogP contribution is 2.41. The van der Waals surface area contributed by atoms with Crippen LogP contribution in [0.15, 0.2) is 36.4 Å². The molecule has 0 heterocycles. The molecule has 2 N–H and O–H groups in total. The molecule has 0 saturated heterocycles. The molecule has 1 aliphatic carbocycles. The van der Waals surface area contributed by atoms with Gasteiger partial charge in [0.25, 0.3) is 0 Å². The largest absolute Gasteiger partial charge is 0.493 e. The van der Waals surface area contributed by atoms with E-state index in [0.29, 0.717) is 0 Å². The van der Waals surface area contributed by atoms with Gasteiger partial charge in [-0.15, -0.1) is 0 Å². The van der Waals surface area contributed by atoms with Gasteiger partial charge < -0.3 is 15.2 Å². The number of methoxy groups -OCH3 is 2. The molecule has 3 rings (SSSR count). The first-order chi connectivity index (χ1) is 10.7. The second kappa shape index (κ2) is 6.01. The van der Waals surface area contributed by atoms with Crippen LogP contribution in [0, 0.1) is 0 Å². The molecule has 3 heteroatoms. The minimum Gasteiger partial charge on any atom is -0.493 e. The summed E-state index contributed by atoms with van der Waals surface area (Å²) in [6, 6.07) is 12.9. The highest BCUT2D eigenvalue weighted by Gasteiger charge is 2.27. The summed E-state index contributed by atoms with van der Waals surface area (Å²) in [7, 11) is 3.36. The lowest BCUT2D eigenvalue weighted by Gasteiger charge is -2.25. The number of nitrogens with two attached hydrogens (primary N) is 1. The highest BCUT2D eigenvalue weighted by molar-refractivity contribution is 5.53. The van der Waals surface area contributed by atoms with E-state index in [1.54, 1.807) is 14.2 Å². The summed E-state index contributed by atoms with van der Waals surface area (Å²) < 4.78 is 11.0. The number of hydrogen-bond donors (Lipinski definition) is 1. The van der Waals surface area contributed by atoms with E-state index >= 15 is 0 Å². The van der Waals surface area contributed by atoms with Crippen LogP contribution in [0.4, 0.5) is 0 Å². The number of aryl methyl sites for hydroxylation is 2. The first-order valence-electron chi connectivity index (χ1n) is 7.74. The first-order valence-corrected chi connectivity index (χ1v) is 7.74. The molecule has 2 aromatic carbocycles. The first kappa shape index (κ1) is 14.9. The molecule has 0 amide bonds. The predicted octanol–water partition coefficient (Wildman–Crippen LogP) is 3.28. The minimum atomic E-state index is 0.0381. The lowest BCUT2D eigenvalue weighted by molar-refractivity contribution is 0.353. The SMILES string of the molecule is COc1cc2c(cc1OC)C(C(C)N)c1ccccc1CC2. The fourth-order valence-corrected chi connectivity index (χ4v) is 3.51. The van der Waals surface area contributed by atoms with Crippen LogP contribution in [0.2, 0.25) is 0 Å². The molecule has 2 unspecified atom stereocenters. The van der Waals surface area contributed by atoms with Gasteiger partial charge in [0.2, 0.25) is 0 Å². The van der Waals surface area contributed by atoms with Gasteiger partial charge in [0.15, 0.2) is 11.5 Å². The van der Waals surface area contributed by atoms with E-state index in [4.69, 9.17) is 15.2 Å². The summed E-state index contributed by atoms with van der Waals surface area (Å²) >= 11 is 0. The van der Waals surface area contributed by atoms with E-state index in [9.17, 15) is 0 Å². The summed E-state index contributed by atoms with van der Waals surface area (Å²) in [5.74, 6) is 1.75. The molecule has 0 saturated carbocycles. The normalized spacial score (nSPS) is 17.9. The van der Waals surface area contributed by atoms with Crippen molar-refractivity contribution in [3.05, 3.63) is 58.7 Å². The standard InChI is InChI=1S/C19H23NO2/c1-12(20)19-15-7-5-4-6-13(15)8-9-14-10-17(21-2)18(22-3)11-16(14)19/h4-7,10-12,19H,8-9,20H2,1-3H3. The number of fused-ring (bicyclic) bond motifs is 2. The summed E-state index contributed by atoms with van der Waals surface area (Å²) in [5.41, 5.74) is 11.6. The van der Waals surface area contributed by atoms with E-state index < -0.39 is 0 Å². The highest BCUT2D eigenvalue weighted by atomic mass is 16.5. The fraction of sp³-hybridized carbons (Fsp3) is 0.368. The molecule has 0 fully saturated rings. The molecule has 0 bridgehead atoms. The van der Waals surface area contributed by atoms with Gasteiger partial charge in [-0.2, -0.15) is 0 Å². The van der Waals surface area contributed by atoms with Crippen LogP contribution in [0.25, 0.3) is 0 Å². The van der Waals surface area contributed by atoms with Crippen LogP contribution < -0.4 is 15.2 Å². The van der Waals surface area contributed by atoms with Crippen LogP contribution >= 0.6 is 0 Å². The molecular weight excluding hydrogens is 274 g/mol. The lowest BCUT2D eigenvalue weighted by atomic mass is 9.83. The van der Waals surface area contributed by atoms with Crippen LogP contribution in [-0.4, -0.2) is 20.3 Å². The molecule has 0 aromatic heterocycles. The molecule has 3 nitrogen and oxygen atoms in total. The van der Waals surface area contributed by atoms with Gasteiger partial charge in [0.05, 0.1) is 14.2 Å². The number of ether oxygens (including phenoxy) is 2. The lowest BCUT2D eigenvalue weighted by Crippen LogP contribution is -2.26. The topological polar surface area (TPSA) is 44.5 Å². The van der Waals surface area contributed by atoms with E-state index in [1.165, 1.54) is 22.3 Å². The average Bonchev–Trinajstić information content (AvgIpc) is 2.69. The van der Waals surface area contributed by atoms with Crippen molar-refractivity contribution < 1.29 is 9.47 Å². The van der Waals surface area contributed by atoms with Gasteiger partial charge in [0, 0.05) is 12.0 Å². The van der Waals surface area contributed by atoms with Gasteiger partial charge in [0.1, 0.15) is 0 Å². The zero-order valence-corrected chi connectivity index (χ0v) is 13.4. The maximum atomic E-state index is 6.36. The monoisotopic (exact) mass is 297 g/mol. The van der Waals surface area contributed by atoms with Crippen molar-refractivity contribution in [2.24, 2.45) is 5.73 Å². The number of benzene rings is 2. The average molecular weight is 297 g/mol. The Kier molecular flexibility index (Phi) is 4.08.